The number of hydrogen-bond donors (Lipinski definition) is 2. The number of carbonyl (C=O) groups excluding carboxylic acids is 1. The molecule has 0 saturated heterocycles. The highest BCUT2D eigenvalue weighted by Crippen LogP contribution is 2.16. The normalized spacial score (nSPS) is 11.4. The molecule has 5 heteroatoms. The molecule has 0 fully saturated rings. The van der Waals surface area contributed by atoms with E-state index in [1.54, 1.807) is 18.2 Å². The topological polar surface area (TPSA) is 75.6 Å². The van der Waals surface area contributed by atoms with Crippen molar-refractivity contribution in [1.29, 1.82) is 0 Å². The molecule has 0 aliphatic rings. The molecule has 0 aliphatic carbocycles. The molecule has 1 amide bonds. The van der Waals surface area contributed by atoms with Gasteiger partial charge in [-0.05, 0) is 12.5 Å². The summed E-state index contributed by atoms with van der Waals surface area (Å²) in [5, 5.41) is 11.6. The first-order valence-corrected chi connectivity index (χ1v) is 5.85. The second-order valence-corrected chi connectivity index (χ2v) is 4.07. The van der Waals surface area contributed by atoms with Crippen LogP contribution in [-0.4, -0.2) is 30.3 Å². The Hall–Kier alpha value is -2.30. The van der Waals surface area contributed by atoms with Gasteiger partial charge in [0.2, 0.25) is 0 Å². The van der Waals surface area contributed by atoms with Crippen molar-refractivity contribution in [3.63, 3.8) is 0 Å². The lowest BCUT2D eigenvalue weighted by molar-refractivity contribution is -0.138. The summed E-state index contributed by atoms with van der Waals surface area (Å²) in [5.74, 6) is -1.79. The lowest BCUT2D eigenvalue weighted by atomic mass is 9.98. The molecule has 102 valence electrons. The van der Waals surface area contributed by atoms with E-state index in [0.29, 0.717) is 5.56 Å². The zero-order valence-corrected chi connectivity index (χ0v) is 10.8. The third kappa shape index (κ3) is 4.83. The molecule has 1 unspecified atom stereocenters. The van der Waals surface area contributed by atoms with Gasteiger partial charge >= 0.3 is 12.1 Å². The smallest absolute Gasteiger partial charge is 0.407 e. The summed E-state index contributed by atoms with van der Waals surface area (Å²) < 4.78 is 4.72. The number of ether oxygens (including phenoxy) is 1. The Kier molecular flexibility index (Phi) is 5.60. The first kappa shape index (κ1) is 14.8. The number of nitrogens with one attached hydrogen (secondary N) is 1. The number of hydrogen-bond acceptors (Lipinski definition) is 3. The average Bonchev–Trinajstić information content (AvgIpc) is 2.36. The average molecular weight is 263 g/mol. The van der Waals surface area contributed by atoms with Gasteiger partial charge in [-0.1, -0.05) is 42.5 Å². The van der Waals surface area contributed by atoms with Crippen LogP contribution in [0.4, 0.5) is 4.79 Å². The van der Waals surface area contributed by atoms with Crippen molar-refractivity contribution in [2.75, 3.05) is 13.2 Å². The Morgan fingerprint density at radius 3 is 2.84 bits per heavy atom. The fourth-order valence-corrected chi connectivity index (χ4v) is 1.61. The highest BCUT2D eigenvalue weighted by Gasteiger charge is 2.20. The highest BCUT2D eigenvalue weighted by molar-refractivity contribution is 5.77. The van der Waals surface area contributed by atoms with Gasteiger partial charge in [-0.2, -0.15) is 0 Å². The summed E-state index contributed by atoms with van der Waals surface area (Å²) in [4.78, 5) is 22.5. The lowest BCUT2D eigenvalue weighted by Crippen LogP contribution is -2.32. The second kappa shape index (κ2) is 7.20. The fraction of sp³-hybridized carbons (Fsp3) is 0.286. The van der Waals surface area contributed by atoms with E-state index in [0.717, 1.165) is 5.56 Å². The molecule has 1 rings (SSSR count). The van der Waals surface area contributed by atoms with Crippen LogP contribution < -0.4 is 5.32 Å². The molecular weight excluding hydrogens is 246 g/mol. The Bertz CT molecular complexity index is 470. The third-order valence-corrected chi connectivity index (χ3v) is 2.53. The van der Waals surface area contributed by atoms with E-state index in [1.807, 2.05) is 13.0 Å². The molecular formula is C14H17NO4. The maximum atomic E-state index is 11.3. The lowest BCUT2D eigenvalue weighted by Gasteiger charge is -2.14. The van der Waals surface area contributed by atoms with E-state index < -0.39 is 18.0 Å². The number of benzene rings is 1. The fourth-order valence-electron chi connectivity index (χ4n) is 1.61. The molecule has 0 heterocycles. The molecule has 0 aromatic heterocycles. The van der Waals surface area contributed by atoms with Crippen LogP contribution in [0, 0.1) is 6.92 Å². The Morgan fingerprint density at radius 1 is 1.53 bits per heavy atom. The SMILES string of the molecule is C=CCOC(=O)NCC(C(=O)O)c1cccc(C)c1. The first-order valence-electron chi connectivity index (χ1n) is 5.85. The van der Waals surface area contributed by atoms with Crippen LogP contribution in [0.5, 0.6) is 0 Å². The predicted octanol–water partition coefficient (Wildman–Crippen LogP) is 2.08. The molecule has 1 atom stereocenters. The summed E-state index contributed by atoms with van der Waals surface area (Å²) in [5.41, 5.74) is 1.62. The summed E-state index contributed by atoms with van der Waals surface area (Å²) in [6, 6.07) is 7.18. The van der Waals surface area contributed by atoms with Crippen LogP contribution in [0.3, 0.4) is 0 Å². The molecule has 5 nitrogen and oxygen atoms in total. The van der Waals surface area contributed by atoms with E-state index in [4.69, 9.17) is 4.74 Å². The van der Waals surface area contributed by atoms with Gasteiger partial charge in [-0.25, -0.2) is 4.79 Å². The molecule has 0 radical (unpaired) electrons. The van der Waals surface area contributed by atoms with Crippen LogP contribution in [0.2, 0.25) is 0 Å². The summed E-state index contributed by atoms with van der Waals surface area (Å²) in [6.07, 6.45) is 0.785. The van der Waals surface area contributed by atoms with Crippen LogP contribution in [0.1, 0.15) is 17.0 Å². The number of aryl methyl sites for hydroxylation is 1. The zero-order valence-electron chi connectivity index (χ0n) is 10.8. The zero-order chi connectivity index (χ0) is 14.3. The van der Waals surface area contributed by atoms with E-state index in [-0.39, 0.29) is 13.2 Å². The van der Waals surface area contributed by atoms with Gasteiger partial charge in [0.25, 0.3) is 0 Å². The summed E-state index contributed by atoms with van der Waals surface area (Å²) in [6.45, 7) is 5.37. The molecule has 0 aliphatic heterocycles. The Labute approximate surface area is 111 Å². The quantitative estimate of drug-likeness (QED) is 0.770. The molecule has 1 aromatic rings. The van der Waals surface area contributed by atoms with Gasteiger partial charge in [0.05, 0.1) is 5.92 Å². The maximum absolute atomic E-state index is 11.3. The van der Waals surface area contributed by atoms with Gasteiger partial charge < -0.3 is 15.2 Å². The summed E-state index contributed by atoms with van der Waals surface area (Å²) in [7, 11) is 0. The van der Waals surface area contributed by atoms with Crippen LogP contribution in [-0.2, 0) is 9.53 Å². The van der Waals surface area contributed by atoms with Gasteiger partial charge in [-0.15, -0.1) is 0 Å². The summed E-state index contributed by atoms with van der Waals surface area (Å²) >= 11 is 0. The van der Waals surface area contributed by atoms with Crippen molar-refractivity contribution < 1.29 is 19.4 Å². The standard InChI is InChI=1S/C14H17NO4/c1-3-7-19-14(18)15-9-12(13(16)17)11-6-4-5-10(2)8-11/h3-6,8,12H,1,7,9H2,2H3,(H,15,18)(H,16,17). The van der Waals surface area contributed by atoms with Gasteiger partial charge in [-0.3, -0.25) is 4.79 Å². The van der Waals surface area contributed by atoms with E-state index in [9.17, 15) is 14.7 Å². The number of alkyl carbamates (subject to hydrolysis) is 1. The van der Waals surface area contributed by atoms with E-state index >= 15 is 0 Å². The van der Waals surface area contributed by atoms with Gasteiger partial charge in [0, 0.05) is 6.54 Å². The Morgan fingerprint density at radius 2 is 2.26 bits per heavy atom. The monoisotopic (exact) mass is 263 g/mol. The number of rotatable bonds is 6. The van der Waals surface area contributed by atoms with Crippen molar-refractivity contribution >= 4 is 12.1 Å². The third-order valence-electron chi connectivity index (χ3n) is 2.53. The van der Waals surface area contributed by atoms with Gasteiger partial charge in [0.1, 0.15) is 6.61 Å². The minimum absolute atomic E-state index is 0.0191. The number of carbonyl (C=O) groups is 2. The number of carboxylic acid groups (broad SMARTS) is 1. The van der Waals surface area contributed by atoms with Crippen molar-refractivity contribution in [1.82, 2.24) is 5.32 Å². The van der Waals surface area contributed by atoms with Crippen molar-refractivity contribution in [3.05, 3.63) is 48.0 Å². The molecule has 0 saturated carbocycles. The van der Waals surface area contributed by atoms with Crippen LogP contribution >= 0.6 is 0 Å². The minimum Gasteiger partial charge on any atom is -0.481 e. The molecule has 0 bridgehead atoms. The Balaban J connectivity index is 2.66. The largest absolute Gasteiger partial charge is 0.481 e. The predicted molar refractivity (Wildman–Crippen MR) is 71.1 cm³/mol. The number of amides is 1. The van der Waals surface area contributed by atoms with Gasteiger partial charge in [0.15, 0.2) is 0 Å². The number of carboxylic acids is 1. The van der Waals surface area contributed by atoms with Crippen LogP contribution in [0.15, 0.2) is 36.9 Å². The first-order chi connectivity index (χ1) is 9.04. The number of aliphatic carboxylic acids is 1. The van der Waals surface area contributed by atoms with E-state index in [2.05, 4.69) is 11.9 Å². The minimum atomic E-state index is -0.991. The molecule has 19 heavy (non-hydrogen) atoms. The van der Waals surface area contributed by atoms with Crippen LogP contribution in [0.25, 0.3) is 0 Å². The van der Waals surface area contributed by atoms with Crippen molar-refractivity contribution in [2.24, 2.45) is 0 Å². The maximum Gasteiger partial charge on any atom is 0.407 e. The van der Waals surface area contributed by atoms with Crippen molar-refractivity contribution in [3.8, 4) is 0 Å². The molecule has 2 N–H and O–H groups in total. The molecule has 0 spiro atoms. The second-order valence-electron chi connectivity index (χ2n) is 4.07. The van der Waals surface area contributed by atoms with E-state index in [1.165, 1.54) is 6.08 Å². The van der Waals surface area contributed by atoms with Crippen molar-refractivity contribution in [2.45, 2.75) is 12.8 Å². The molecule has 1 aromatic carbocycles. The highest BCUT2D eigenvalue weighted by atomic mass is 16.5.